The van der Waals surface area contributed by atoms with Crippen LogP contribution in [0, 0.1) is 18.7 Å². The first kappa shape index (κ1) is 16.8. The van der Waals surface area contributed by atoms with Crippen molar-refractivity contribution in [1.82, 2.24) is 20.6 Å². The number of rotatable bonds is 4. The Morgan fingerprint density at radius 1 is 1.42 bits per heavy atom. The van der Waals surface area contributed by atoms with E-state index in [1.165, 1.54) is 12.1 Å². The van der Waals surface area contributed by atoms with E-state index in [-0.39, 0.29) is 24.3 Å². The number of hydrogen-bond donors (Lipinski definition) is 1. The van der Waals surface area contributed by atoms with E-state index in [1.54, 1.807) is 6.07 Å². The average molecular weight is 358 g/mol. The minimum atomic E-state index is -0.669. The molecule has 0 bridgehead atoms. The van der Waals surface area contributed by atoms with Gasteiger partial charge in [0, 0.05) is 18.1 Å². The Morgan fingerprint density at radius 2 is 2.27 bits per heavy atom. The number of carbonyl (C=O) groups is 1. The molecule has 2 aliphatic rings. The lowest BCUT2D eigenvalue weighted by Crippen LogP contribution is -2.41. The van der Waals surface area contributed by atoms with Gasteiger partial charge in [0.1, 0.15) is 17.2 Å². The average Bonchev–Trinajstić information content (AvgIpc) is 3.27. The molecule has 7 nitrogen and oxygen atoms in total. The number of aromatic amines is 1. The van der Waals surface area contributed by atoms with E-state index in [1.807, 2.05) is 13.8 Å². The summed E-state index contributed by atoms with van der Waals surface area (Å²) in [6.07, 6.45) is 2.90. The molecule has 1 N–H and O–H groups in total. The van der Waals surface area contributed by atoms with Crippen molar-refractivity contribution in [3.8, 4) is 11.4 Å². The van der Waals surface area contributed by atoms with Crippen LogP contribution in [-0.2, 0) is 20.7 Å². The number of benzene rings is 1. The molecule has 26 heavy (non-hydrogen) atoms. The second-order valence-corrected chi connectivity index (χ2v) is 6.87. The second kappa shape index (κ2) is 6.28. The van der Waals surface area contributed by atoms with Crippen LogP contribution in [0.25, 0.3) is 11.4 Å². The molecule has 1 aromatic carbocycles. The number of aromatic nitrogens is 4. The third-order valence-corrected chi connectivity index (χ3v) is 5.28. The maximum absolute atomic E-state index is 14.6. The maximum Gasteiger partial charge on any atom is 0.204 e. The summed E-state index contributed by atoms with van der Waals surface area (Å²) in [5, 5.41) is 14.0. The van der Waals surface area contributed by atoms with Gasteiger partial charge in [0.25, 0.3) is 0 Å². The quantitative estimate of drug-likeness (QED) is 0.903. The van der Waals surface area contributed by atoms with E-state index < -0.39 is 5.60 Å². The monoisotopic (exact) mass is 358 g/mol. The molecule has 1 aliphatic heterocycles. The molecule has 2 heterocycles. The van der Waals surface area contributed by atoms with Gasteiger partial charge in [-0.25, -0.2) is 4.39 Å². The van der Waals surface area contributed by atoms with Gasteiger partial charge in [0.05, 0.1) is 0 Å². The fourth-order valence-corrected chi connectivity index (χ4v) is 3.79. The summed E-state index contributed by atoms with van der Waals surface area (Å²) < 4.78 is 26.0. The molecular weight excluding hydrogens is 339 g/mol. The Hall–Kier alpha value is -2.61. The molecular formula is C18H19FN4O3. The van der Waals surface area contributed by atoms with E-state index >= 15 is 0 Å². The number of tetrazole rings is 1. The van der Waals surface area contributed by atoms with Crippen molar-refractivity contribution in [2.75, 3.05) is 6.79 Å². The Bertz CT molecular complexity index is 881. The zero-order valence-corrected chi connectivity index (χ0v) is 14.6. The van der Waals surface area contributed by atoms with Gasteiger partial charge in [0.15, 0.2) is 12.6 Å². The zero-order chi connectivity index (χ0) is 18.3. The van der Waals surface area contributed by atoms with Gasteiger partial charge >= 0.3 is 0 Å². The molecule has 0 saturated carbocycles. The first-order chi connectivity index (χ1) is 12.5. The maximum atomic E-state index is 14.6. The van der Waals surface area contributed by atoms with Crippen LogP contribution in [0.4, 0.5) is 4.39 Å². The van der Waals surface area contributed by atoms with Crippen LogP contribution in [-0.4, -0.2) is 38.8 Å². The lowest BCUT2D eigenvalue weighted by Gasteiger charge is -2.35. The van der Waals surface area contributed by atoms with Crippen molar-refractivity contribution >= 4 is 5.78 Å². The van der Waals surface area contributed by atoms with Gasteiger partial charge in [-0.15, -0.1) is 10.2 Å². The molecule has 1 aromatic heterocycles. The Morgan fingerprint density at radius 3 is 3.04 bits per heavy atom. The first-order valence-corrected chi connectivity index (χ1v) is 8.54. The third kappa shape index (κ3) is 2.70. The van der Waals surface area contributed by atoms with Crippen LogP contribution >= 0.6 is 0 Å². The third-order valence-electron chi connectivity index (χ3n) is 5.28. The highest BCUT2D eigenvalue weighted by atomic mass is 19.1. The smallest absolute Gasteiger partial charge is 0.204 e. The van der Waals surface area contributed by atoms with Crippen molar-refractivity contribution in [3.05, 3.63) is 40.9 Å². The van der Waals surface area contributed by atoms with Crippen molar-refractivity contribution < 1.29 is 18.7 Å². The summed E-state index contributed by atoms with van der Waals surface area (Å²) in [6.45, 7) is 3.92. The summed E-state index contributed by atoms with van der Waals surface area (Å²) >= 11 is 0. The molecule has 1 fully saturated rings. The molecule has 0 amide bonds. The lowest BCUT2D eigenvalue weighted by atomic mass is 9.76. The largest absolute Gasteiger partial charge is 0.469 e. The fraction of sp³-hybridized carbons (Fsp3) is 0.444. The van der Waals surface area contributed by atoms with E-state index in [0.717, 1.165) is 11.1 Å². The van der Waals surface area contributed by atoms with E-state index in [0.29, 0.717) is 36.4 Å². The van der Waals surface area contributed by atoms with Gasteiger partial charge < -0.3 is 9.47 Å². The molecule has 0 spiro atoms. The number of carbonyl (C=O) groups excluding carboxylic acids is 1. The number of aryl methyl sites for hydroxylation is 1. The Kier molecular flexibility index (Phi) is 4.07. The number of H-pyrrole nitrogens is 1. The molecule has 1 saturated heterocycles. The lowest BCUT2D eigenvalue weighted by molar-refractivity contribution is -0.117. The molecule has 4 rings (SSSR count). The number of hydrogen-bond acceptors (Lipinski definition) is 6. The molecule has 0 unspecified atom stereocenters. The standard InChI is InChI=1S/C18H19FN4O3/c1-10-5-15(19)12(7-14(10)17-20-22-23-21-17)6-11(2)18-4-3-13(24)8-16(18)25-9-26-18/h5,7-8,11H,3-4,6,9H2,1-2H3,(H,20,21,22,23)/t11-,18-/m1/s1. The Labute approximate surface area is 149 Å². The van der Waals surface area contributed by atoms with Gasteiger partial charge in [-0.2, -0.15) is 5.21 Å². The molecule has 2 atom stereocenters. The van der Waals surface area contributed by atoms with Gasteiger partial charge in [-0.05, 0) is 54.2 Å². The van der Waals surface area contributed by atoms with Gasteiger partial charge in [0.2, 0.25) is 5.82 Å². The number of ketones is 1. The van der Waals surface area contributed by atoms with Crippen molar-refractivity contribution in [1.29, 1.82) is 0 Å². The highest BCUT2D eigenvalue weighted by molar-refractivity contribution is 5.91. The number of halogens is 1. The highest BCUT2D eigenvalue weighted by Gasteiger charge is 2.49. The van der Waals surface area contributed by atoms with E-state index in [9.17, 15) is 9.18 Å². The van der Waals surface area contributed by atoms with Gasteiger partial charge in [-0.1, -0.05) is 6.92 Å². The number of fused-ring (bicyclic) bond motifs is 1. The summed E-state index contributed by atoms with van der Waals surface area (Å²) in [6, 6.07) is 3.24. The normalized spacial score (nSPS) is 23.3. The molecule has 136 valence electrons. The topological polar surface area (TPSA) is 90.0 Å². The van der Waals surface area contributed by atoms with Crippen LogP contribution in [0.5, 0.6) is 0 Å². The van der Waals surface area contributed by atoms with Crippen LogP contribution in [0.1, 0.15) is 30.9 Å². The predicted molar refractivity (Wildman–Crippen MR) is 89.3 cm³/mol. The molecule has 1 aliphatic carbocycles. The SMILES string of the molecule is Cc1cc(F)c(C[C@@H](C)[C@]23CCC(=O)C=C2OCO3)cc1-c1nn[nH]n1. The van der Waals surface area contributed by atoms with Crippen LogP contribution in [0.3, 0.4) is 0 Å². The minimum Gasteiger partial charge on any atom is -0.469 e. The first-order valence-electron chi connectivity index (χ1n) is 8.54. The second-order valence-electron chi connectivity index (χ2n) is 6.87. The highest BCUT2D eigenvalue weighted by Crippen LogP contribution is 2.44. The number of nitrogens with zero attached hydrogens (tertiary/aromatic N) is 3. The van der Waals surface area contributed by atoms with E-state index in [4.69, 9.17) is 9.47 Å². The predicted octanol–water partition coefficient (Wildman–Crippen LogP) is 2.48. The van der Waals surface area contributed by atoms with E-state index in [2.05, 4.69) is 20.6 Å². The Balaban J connectivity index is 1.66. The van der Waals surface area contributed by atoms with Crippen LogP contribution in [0.2, 0.25) is 0 Å². The fourth-order valence-electron chi connectivity index (χ4n) is 3.79. The summed E-state index contributed by atoms with van der Waals surface area (Å²) in [4.78, 5) is 11.7. The van der Waals surface area contributed by atoms with Crippen molar-refractivity contribution in [2.45, 2.75) is 38.7 Å². The molecule has 0 radical (unpaired) electrons. The zero-order valence-electron chi connectivity index (χ0n) is 14.6. The number of allylic oxidation sites excluding steroid dienone is 1. The summed E-state index contributed by atoms with van der Waals surface area (Å²) in [5.41, 5.74) is 1.35. The van der Waals surface area contributed by atoms with Crippen molar-refractivity contribution in [2.24, 2.45) is 5.92 Å². The van der Waals surface area contributed by atoms with Crippen LogP contribution in [0.15, 0.2) is 24.0 Å². The molecule has 2 aromatic rings. The number of nitrogens with one attached hydrogen (secondary N) is 1. The number of ether oxygens (including phenoxy) is 2. The molecule has 8 heteroatoms. The van der Waals surface area contributed by atoms with Gasteiger partial charge in [-0.3, -0.25) is 4.79 Å². The summed E-state index contributed by atoms with van der Waals surface area (Å²) in [7, 11) is 0. The summed E-state index contributed by atoms with van der Waals surface area (Å²) in [5.74, 6) is 0.675. The van der Waals surface area contributed by atoms with Crippen molar-refractivity contribution in [3.63, 3.8) is 0 Å². The minimum absolute atomic E-state index is 0.0363. The van der Waals surface area contributed by atoms with Crippen LogP contribution < -0.4 is 0 Å².